The maximum Gasteiger partial charge on any atom is 0.336 e. The van der Waals surface area contributed by atoms with Crippen LogP contribution in [0.4, 0.5) is 5.69 Å². The summed E-state index contributed by atoms with van der Waals surface area (Å²) in [6.45, 7) is 2.39. The lowest BCUT2D eigenvalue weighted by Gasteiger charge is -2.07. The normalized spacial score (nSPS) is 10.5. The van der Waals surface area contributed by atoms with Crippen molar-refractivity contribution in [1.29, 1.82) is 0 Å². The second-order valence-electron chi connectivity index (χ2n) is 3.12. The van der Waals surface area contributed by atoms with Crippen LogP contribution in [0.5, 0.6) is 5.75 Å². The molecule has 0 bridgehead atoms. The predicted molar refractivity (Wildman–Crippen MR) is 58.1 cm³/mol. The molecule has 4 heteroatoms. The molecule has 2 rings (SSSR count). The average Bonchev–Trinajstić information content (AvgIpc) is 2.20. The monoisotopic (exact) mass is 205 g/mol. The molecule has 0 spiro atoms. The van der Waals surface area contributed by atoms with Gasteiger partial charge in [0.25, 0.3) is 0 Å². The number of fused-ring (bicyclic) bond motifs is 1. The van der Waals surface area contributed by atoms with Gasteiger partial charge in [0.2, 0.25) is 0 Å². The molecule has 0 amide bonds. The van der Waals surface area contributed by atoms with Crippen molar-refractivity contribution in [3.05, 3.63) is 34.7 Å². The van der Waals surface area contributed by atoms with Crippen LogP contribution in [-0.2, 0) is 0 Å². The Morgan fingerprint density at radius 2 is 2.20 bits per heavy atom. The van der Waals surface area contributed by atoms with Gasteiger partial charge in [-0.05, 0) is 19.1 Å². The van der Waals surface area contributed by atoms with Crippen molar-refractivity contribution in [3.63, 3.8) is 0 Å². The first kappa shape index (κ1) is 9.58. The van der Waals surface area contributed by atoms with Gasteiger partial charge in [0.1, 0.15) is 11.3 Å². The van der Waals surface area contributed by atoms with Crippen molar-refractivity contribution in [3.8, 4) is 5.75 Å². The van der Waals surface area contributed by atoms with E-state index in [1.807, 2.05) is 6.92 Å². The molecule has 4 nitrogen and oxygen atoms in total. The predicted octanol–water partition coefficient (Wildman–Crippen LogP) is 1.77. The van der Waals surface area contributed by atoms with E-state index in [0.29, 0.717) is 23.6 Å². The molecule has 2 aromatic rings. The van der Waals surface area contributed by atoms with Gasteiger partial charge < -0.3 is 14.9 Å². The van der Waals surface area contributed by atoms with E-state index in [9.17, 15) is 4.79 Å². The maximum absolute atomic E-state index is 11.0. The van der Waals surface area contributed by atoms with Crippen molar-refractivity contribution < 1.29 is 9.15 Å². The van der Waals surface area contributed by atoms with Crippen LogP contribution in [0.25, 0.3) is 11.0 Å². The van der Waals surface area contributed by atoms with Crippen molar-refractivity contribution in [2.75, 3.05) is 12.3 Å². The molecule has 0 aliphatic rings. The van der Waals surface area contributed by atoms with Gasteiger partial charge in [0.05, 0.1) is 12.3 Å². The third-order valence-corrected chi connectivity index (χ3v) is 2.05. The molecule has 0 atom stereocenters. The summed E-state index contributed by atoms with van der Waals surface area (Å²) in [5.74, 6) is 0.541. The number of nitrogen functional groups attached to an aromatic ring is 1. The molecule has 2 N–H and O–H groups in total. The lowest BCUT2D eigenvalue weighted by atomic mass is 10.2. The van der Waals surface area contributed by atoms with Crippen LogP contribution in [0.2, 0.25) is 0 Å². The first-order valence-corrected chi connectivity index (χ1v) is 4.67. The summed E-state index contributed by atoms with van der Waals surface area (Å²) in [5.41, 5.74) is 6.41. The van der Waals surface area contributed by atoms with Gasteiger partial charge >= 0.3 is 5.63 Å². The third-order valence-electron chi connectivity index (χ3n) is 2.05. The zero-order chi connectivity index (χ0) is 10.8. The van der Waals surface area contributed by atoms with Gasteiger partial charge in [-0.3, -0.25) is 0 Å². The summed E-state index contributed by atoms with van der Waals surface area (Å²) in [6, 6.07) is 6.40. The Kier molecular flexibility index (Phi) is 2.33. The Labute approximate surface area is 86.3 Å². The van der Waals surface area contributed by atoms with E-state index in [1.165, 1.54) is 6.07 Å². The molecule has 0 saturated carbocycles. The first-order valence-electron chi connectivity index (χ1n) is 4.67. The highest BCUT2D eigenvalue weighted by atomic mass is 16.5. The van der Waals surface area contributed by atoms with E-state index in [4.69, 9.17) is 14.9 Å². The standard InChI is InChI=1S/C11H11NO3/c1-2-14-10-6-9-7(5-8(10)12)3-4-11(13)15-9/h3-6H,2,12H2,1H3. The Hall–Kier alpha value is -1.97. The molecule has 0 unspecified atom stereocenters. The Morgan fingerprint density at radius 1 is 1.40 bits per heavy atom. The number of nitrogens with two attached hydrogens (primary N) is 1. The molecule has 0 fully saturated rings. The quantitative estimate of drug-likeness (QED) is 0.599. The average molecular weight is 205 g/mol. The number of hydrogen-bond donors (Lipinski definition) is 1. The van der Waals surface area contributed by atoms with Gasteiger partial charge in [0, 0.05) is 17.5 Å². The maximum atomic E-state index is 11.0. The van der Waals surface area contributed by atoms with E-state index in [0.717, 1.165) is 5.39 Å². The van der Waals surface area contributed by atoms with Crippen molar-refractivity contribution in [1.82, 2.24) is 0 Å². The molecule has 0 radical (unpaired) electrons. The summed E-state index contributed by atoms with van der Waals surface area (Å²) in [5, 5.41) is 0.788. The van der Waals surface area contributed by atoms with Gasteiger partial charge in [-0.25, -0.2) is 4.79 Å². The van der Waals surface area contributed by atoms with Gasteiger partial charge in [0.15, 0.2) is 0 Å². The lowest BCUT2D eigenvalue weighted by molar-refractivity contribution is 0.342. The molecular formula is C11H11NO3. The number of rotatable bonds is 2. The minimum atomic E-state index is -0.380. The van der Waals surface area contributed by atoms with Crippen LogP contribution in [0.1, 0.15) is 6.92 Å². The molecular weight excluding hydrogens is 194 g/mol. The van der Waals surface area contributed by atoms with Crippen LogP contribution in [-0.4, -0.2) is 6.61 Å². The second-order valence-corrected chi connectivity index (χ2v) is 3.12. The number of hydrogen-bond acceptors (Lipinski definition) is 4. The van der Waals surface area contributed by atoms with Gasteiger partial charge in [-0.2, -0.15) is 0 Å². The SMILES string of the molecule is CCOc1cc2oc(=O)ccc2cc1N. The van der Waals surface area contributed by atoms with E-state index < -0.39 is 0 Å². The number of ether oxygens (including phenoxy) is 1. The number of benzene rings is 1. The van der Waals surface area contributed by atoms with Crippen LogP contribution < -0.4 is 16.1 Å². The van der Waals surface area contributed by atoms with E-state index in [1.54, 1.807) is 18.2 Å². The molecule has 1 aromatic heterocycles. The van der Waals surface area contributed by atoms with Crippen molar-refractivity contribution in [2.45, 2.75) is 6.92 Å². The van der Waals surface area contributed by atoms with Crippen LogP contribution in [0, 0.1) is 0 Å². The summed E-state index contributed by atoms with van der Waals surface area (Å²) >= 11 is 0. The first-order chi connectivity index (χ1) is 7.20. The molecule has 1 aromatic carbocycles. The largest absolute Gasteiger partial charge is 0.492 e. The topological polar surface area (TPSA) is 65.5 Å². The fraction of sp³-hybridized carbons (Fsp3) is 0.182. The Balaban J connectivity index is 2.66. The van der Waals surface area contributed by atoms with Crippen LogP contribution >= 0.6 is 0 Å². The minimum Gasteiger partial charge on any atom is -0.492 e. The molecule has 15 heavy (non-hydrogen) atoms. The highest BCUT2D eigenvalue weighted by molar-refractivity contribution is 5.83. The molecule has 78 valence electrons. The smallest absolute Gasteiger partial charge is 0.336 e. The highest BCUT2D eigenvalue weighted by Gasteiger charge is 2.04. The molecule has 1 heterocycles. The van der Waals surface area contributed by atoms with Crippen LogP contribution in [0.15, 0.2) is 33.5 Å². The fourth-order valence-corrected chi connectivity index (χ4v) is 1.39. The Bertz CT molecular complexity index is 545. The molecule has 0 saturated heterocycles. The zero-order valence-corrected chi connectivity index (χ0v) is 8.32. The van der Waals surface area contributed by atoms with Gasteiger partial charge in [-0.1, -0.05) is 0 Å². The Morgan fingerprint density at radius 3 is 2.93 bits per heavy atom. The van der Waals surface area contributed by atoms with Crippen LogP contribution in [0.3, 0.4) is 0 Å². The number of anilines is 1. The third kappa shape index (κ3) is 1.79. The van der Waals surface area contributed by atoms with Crippen molar-refractivity contribution >= 4 is 16.7 Å². The van der Waals surface area contributed by atoms with Gasteiger partial charge in [-0.15, -0.1) is 0 Å². The van der Waals surface area contributed by atoms with E-state index >= 15 is 0 Å². The fourth-order valence-electron chi connectivity index (χ4n) is 1.39. The second kappa shape index (κ2) is 3.65. The molecule has 0 aliphatic heterocycles. The summed E-state index contributed by atoms with van der Waals surface area (Å²) in [4.78, 5) is 11.0. The molecule has 0 aliphatic carbocycles. The van der Waals surface area contributed by atoms with Crippen molar-refractivity contribution in [2.24, 2.45) is 0 Å². The van der Waals surface area contributed by atoms with E-state index in [-0.39, 0.29) is 5.63 Å². The highest BCUT2D eigenvalue weighted by Crippen LogP contribution is 2.27. The summed E-state index contributed by atoms with van der Waals surface area (Å²) in [6.07, 6.45) is 0. The van der Waals surface area contributed by atoms with E-state index in [2.05, 4.69) is 0 Å². The zero-order valence-electron chi connectivity index (χ0n) is 8.32. The summed E-state index contributed by atoms with van der Waals surface area (Å²) < 4.78 is 10.3. The minimum absolute atomic E-state index is 0.380. The lowest BCUT2D eigenvalue weighted by Crippen LogP contribution is -1.99. The summed E-state index contributed by atoms with van der Waals surface area (Å²) in [7, 11) is 0.